The molecule has 14 heavy (non-hydrogen) atoms. The topological polar surface area (TPSA) is 29.5 Å². The largest absolute Gasteiger partial charge is 0.389 e. The normalized spacial score (nSPS) is 15.1. The highest BCUT2D eigenvalue weighted by Crippen LogP contribution is 2.14. The molecule has 2 heteroatoms. The Hall–Kier alpha value is -0.860. The zero-order valence-corrected chi connectivity index (χ0v) is 9.03. The zero-order valence-electron chi connectivity index (χ0n) is 9.03. The summed E-state index contributed by atoms with van der Waals surface area (Å²) in [5.74, 6) is 0. The molecule has 2 nitrogen and oxygen atoms in total. The third-order valence-corrected chi connectivity index (χ3v) is 2.39. The predicted octanol–water partition coefficient (Wildman–Crippen LogP) is 2.32. The van der Waals surface area contributed by atoms with Crippen LogP contribution in [-0.2, 0) is 11.2 Å². The highest BCUT2D eigenvalue weighted by atomic mass is 16.5. The molecule has 0 fully saturated rings. The molecule has 0 spiro atoms. The van der Waals surface area contributed by atoms with Crippen molar-refractivity contribution < 1.29 is 9.84 Å². The van der Waals surface area contributed by atoms with Crippen LogP contribution in [-0.4, -0.2) is 18.3 Å². The van der Waals surface area contributed by atoms with Crippen molar-refractivity contribution in [3.63, 3.8) is 0 Å². The molecule has 0 saturated heterocycles. The molecule has 1 aromatic carbocycles. The molecule has 0 aromatic heterocycles. The number of aliphatic hydroxyl groups excluding tert-OH is 1. The van der Waals surface area contributed by atoms with E-state index in [4.69, 9.17) is 4.74 Å². The first-order valence-corrected chi connectivity index (χ1v) is 4.93. The number of rotatable bonds is 4. The van der Waals surface area contributed by atoms with E-state index in [0.717, 1.165) is 12.0 Å². The van der Waals surface area contributed by atoms with Gasteiger partial charge in [-0.1, -0.05) is 24.3 Å². The summed E-state index contributed by atoms with van der Waals surface area (Å²) >= 11 is 0. The lowest BCUT2D eigenvalue weighted by molar-refractivity contribution is 0.119. The number of hydrogen-bond acceptors (Lipinski definition) is 2. The highest BCUT2D eigenvalue weighted by molar-refractivity contribution is 5.24. The van der Waals surface area contributed by atoms with Gasteiger partial charge in [-0.25, -0.2) is 0 Å². The second kappa shape index (κ2) is 5.13. The van der Waals surface area contributed by atoms with Gasteiger partial charge in [0, 0.05) is 7.11 Å². The van der Waals surface area contributed by atoms with Crippen LogP contribution in [0.2, 0.25) is 0 Å². The molecule has 0 aliphatic heterocycles. The molecular formula is C12H18O2. The Balaban J connectivity index is 2.64. The summed E-state index contributed by atoms with van der Waals surface area (Å²) in [4.78, 5) is 0. The Kier molecular flexibility index (Phi) is 4.11. The molecule has 1 rings (SSSR count). The Bertz CT molecular complexity index is 264. The fourth-order valence-corrected chi connectivity index (χ4v) is 1.35. The number of ether oxygens (including phenoxy) is 1. The molecule has 0 heterocycles. The van der Waals surface area contributed by atoms with Gasteiger partial charge in [-0.3, -0.25) is 0 Å². The van der Waals surface area contributed by atoms with Gasteiger partial charge < -0.3 is 9.84 Å². The van der Waals surface area contributed by atoms with E-state index >= 15 is 0 Å². The first-order valence-electron chi connectivity index (χ1n) is 4.93. The molecule has 0 bridgehead atoms. The molecule has 2 unspecified atom stereocenters. The lowest BCUT2D eigenvalue weighted by atomic mass is 10.0. The Labute approximate surface area is 85.5 Å². The van der Waals surface area contributed by atoms with Crippen molar-refractivity contribution in [2.75, 3.05) is 7.11 Å². The monoisotopic (exact) mass is 194 g/mol. The summed E-state index contributed by atoms with van der Waals surface area (Å²) < 4.78 is 5.18. The highest BCUT2D eigenvalue weighted by Gasteiger charge is 2.03. The number of benzene rings is 1. The van der Waals surface area contributed by atoms with Crippen LogP contribution in [0.1, 0.15) is 31.1 Å². The van der Waals surface area contributed by atoms with Crippen LogP contribution in [0.15, 0.2) is 24.3 Å². The van der Waals surface area contributed by atoms with Gasteiger partial charge in [-0.05, 0) is 31.4 Å². The molecular weight excluding hydrogens is 176 g/mol. The number of hydrogen-bond donors (Lipinski definition) is 1. The van der Waals surface area contributed by atoms with E-state index in [1.54, 1.807) is 14.0 Å². The summed E-state index contributed by atoms with van der Waals surface area (Å²) in [6, 6.07) is 8.00. The fourth-order valence-electron chi connectivity index (χ4n) is 1.35. The molecule has 2 atom stereocenters. The van der Waals surface area contributed by atoms with E-state index in [2.05, 4.69) is 0 Å². The molecule has 78 valence electrons. The van der Waals surface area contributed by atoms with Crippen LogP contribution in [0.25, 0.3) is 0 Å². The maximum atomic E-state index is 9.32. The maximum Gasteiger partial charge on any atom is 0.0761 e. The van der Waals surface area contributed by atoms with Crippen molar-refractivity contribution in [3.05, 3.63) is 35.4 Å². The minimum absolute atomic E-state index is 0.243. The second-order valence-electron chi connectivity index (χ2n) is 3.67. The van der Waals surface area contributed by atoms with Crippen molar-refractivity contribution in [1.82, 2.24) is 0 Å². The Morgan fingerprint density at radius 2 is 1.79 bits per heavy atom. The third kappa shape index (κ3) is 3.13. The van der Waals surface area contributed by atoms with Gasteiger partial charge in [0.25, 0.3) is 0 Å². The van der Waals surface area contributed by atoms with Crippen LogP contribution in [0, 0.1) is 0 Å². The molecule has 0 aliphatic carbocycles. The van der Waals surface area contributed by atoms with Gasteiger partial charge in [0.05, 0.1) is 12.2 Å². The molecule has 0 aliphatic rings. The van der Waals surface area contributed by atoms with Gasteiger partial charge in [0.2, 0.25) is 0 Å². The van der Waals surface area contributed by atoms with E-state index < -0.39 is 0 Å². The third-order valence-electron chi connectivity index (χ3n) is 2.39. The molecule has 0 amide bonds. The smallest absolute Gasteiger partial charge is 0.0761 e. The number of methoxy groups -OCH3 is 1. The minimum atomic E-state index is -0.385. The van der Waals surface area contributed by atoms with Crippen molar-refractivity contribution >= 4 is 0 Å². The van der Waals surface area contributed by atoms with Gasteiger partial charge in [0.1, 0.15) is 0 Å². The van der Waals surface area contributed by atoms with E-state index in [-0.39, 0.29) is 12.2 Å². The first-order chi connectivity index (χ1) is 6.63. The summed E-state index contributed by atoms with van der Waals surface area (Å²) in [6.45, 7) is 3.81. The lowest BCUT2D eigenvalue weighted by Gasteiger charge is -2.10. The Morgan fingerprint density at radius 1 is 1.21 bits per heavy atom. The van der Waals surface area contributed by atoms with Gasteiger partial charge in [-0.2, -0.15) is 0 Å². The van der Waals surface area contributed by atoms with Crippen LogP contribution < -0.4 is 0 Å². The van der Waals surface area contributed by atoms with Crippen molar-refractivity contribution in [2.24, 2.45) is 0 Å². The van der Waals surface area contributed by atoms with E-state index in [9.17, 15) is 5.11 Å². The quantitative estimate of drug-likeness (QED) is 0.797. The fraction of sp³-hybridized carbons (Fsp3) is 0.500. The van der Waals surface area contributed by atoms with Crippen molar-refractivity contribution in [3.8, 4) is 0 Å². The van der Waals surface area contributed by atoms with E-state index in [1.165, 1.54) is 5.56 Å². The van der Waals surface area contributed by atoms with Gasteiger partial charge >= 0.3 is 0 Å². The molecule has 0 radical (unpaired) electrons. The van der Waals surface area contributed by atoms with E-state index in [1.807, 2.05) is 31.2 Å². The van der Waals surface area contributed by atoms with Crippen molar-refractivity contribution in [2.45, 2.75) is 32.5 Å². The first kappa shape index (κ1) is 11.2. The van der Waals surface area contributed by atoms with Crippen LogP contribution in [0.5, 0.6) is 0 Å². The summed E-state index contributed by atoms with van der Waals surface area (Å²) in [6.07, 6.45) is 0.771. The summed E-state index contributed by atoms with van der Waals surface area (Å²) in [7, 11) is 1.72. The zero-order chi connectivity index (χ0) is 10.6. The van der Waals surface area contributed by atoms with Gasteiger partial charge in [-0.15, -0.1) is 0 Å². The average molecular weight is 194 g/mol. The SMILES string of the molecule is COC(C)Cc1ccc(C(C)O)cc1. The summed E-state index contributed by atoms with van der Waals surface area (Å²) in [5.41, 5.74) is 2.20. The van der Waals surface area contributed by atoms with Gasteiger partial charge in [0.15, 0.2) is 0 Å². The lowest BCUT2D eigenvalue weighted by Crippen LogP contribution is -2.08. The Morgan fingerprint density at radius 3 is 2.21 bits per heavy atom. The van der Waals surface area contributed by atoms with E-state index in [0.29, 0.717) is 0 Å². The maximum absolute atomic E-state index is 9.32. The van der Waals surface area contributed by atoms with Crippen LogP contribution in [0.3, 0.4) is 0 Å². The second-order valence-corrected chi connectivity index (χ2v) is 3.67. The standard InChI is InChI=1S/C12H18O2/c1-9(14-3)8-11-4-6-12(7-5-11)10(2)13/h4-7,9-10,13H,8H2,1-3H3. The number of aliphatic hydroxyl groups is 1. The molecule has 0 saturated carbocycles. The average Bonchev–Trinajstić information content (AvgIpc) is 2.18. The summed E-state index contributed by atoms with van der Waals surface area (Å²) in [5, 5.41) is 9.32. The van der Waals surface area contributed by atoms with Crippen LogP contribution in [0.4, 0.5) is 0 Å². The van der Waals surface area contributed by atoms with Crippen LogP contribution >= 0.6 is 0 Å². The predicted molar refractivity (Wildman–Crippen MR) is 57.3 cm³/mol. The minimum Gasteiger partial charge on any atom is -0.389 e. The molecule has 1 aromatic rings. The molecule has 1 N–H and O–H groups in total. The van der Waals surface area contributed by atoms with Crippen molar-refractivity contribution in [1.29, 1.82) is 0 Å².